The molecule has 1 rings (SSSR count). The van der Waals surface area contributed by atoms with Crippen molar-refractivity contribution in [2.45, 2.75) is 26.8 Å². The quantitative estimate of drug-likeness (QED) is 0.806. The molecule has 0 aromatic heterocycles. The number of benzene rings is 1. The average Bonchev–Trinajstić information content (AvgIpc) is 2.28. The highest BCUT2D eigenvalue weighted by atomic mass is 32.2. The smallest absolute Gasteiger partial charge is 0.229 e. The second-order valence-electron chi connectivity index (χ2n) is 4.61. The lowest BCUT2D eigenvalue weighted by Gasteiger charge is -2.16. The number of rotatable bonds is 7. The molecule has 0 fully saturated rings. The number of sulfonamides is 1. The Morgan fingerprint density at radius 2 is 2.05 bits per heavy atom. The van der Waals surface area contributed by atoms with Gasteiger partial charge >= 0.3 is 0 Å². The van der Waals surface area contributed by atoms with Crippen LogP contribution in [0, 0.1) is 6.92 Å². The molecule has 1 aromatic carbocycles. The molecule has 108 valence electrons. The molecule has 0 saturated carbocycles. The highest BCUT2D eigenvalue weighted by molar-refractivity contribution is 7.92. The van der Waals surface area contributed by atoms with Crippen LogP contribution in [-0.2, 0) is 14.8 Å². The summed E-state index contributed by atoms with van der Waals surface area (Å²) >= 11 is 0. The maximum absolute atomic E-state index is 11.2. The summed E-state index contributed by atoms with van der Waals surface area (Å²) in [4.78, 5) is 0. The molecule has 0 amide bonds. The predicted octanol–water partition coefficient (Wildman–Crippen LogP) is 2.20. The molecule has 1 aromatic rings. The molecular formula is C13H22N2O3S. The minimum absolute atomic E-state index is 0.202. The van der Waals surface area contributed by atoms with Gasteiger partial charge in [0.25, 0.3) is 0 Å². The fraction of sp³-hybridized carbons (Fsp3) is 0.538. The first-order valence-corrected chi connectivity index (χ1v) is 8.13. The third-order valence-electron chi connectivity index (χ3n) is 2.51. The topological polar surface area (TPSA) is 67.4 Å². The SMILES string of the molecule is CCOCC(C)Nc1ccc(NS(C)(=O)=O)c(C)c1. The van der Waals surface area contributed by atoms with Crippen LogP contribution in [-0.4, -0.2) is 33.9 Å². The highest BCUT2D eigenvalue weighted by Gasteiger charge is 2.07. The van der Waals surface area contributed by atoms with E-state index in [1.165, 1.54) is 0 Å². The van der Waals surface area contributed by atoms with Crippen molar-refractivity contribution < 1.29 is 13.2 Å². The van der Waals surface area contributed by atoms with E-state index in [1.54, 1.807) is 6.07 Å². The second-order valence-corrected chi connectivity index (χ2v) is 6.36. The molecule has 0 saturated heterocycles. The van der Waals surface area contributed by atoms with Crippen LogP contribution < -0.4 is 10.0 Å². The number of nitrogens with one attached hydrogen (secondary N) is 2. The van der Waals surface area contributed by atoms with Gasteiger partial charge in [-0.25, -0.2) is 8.42 Å². The standard InChI is InChI=1S/C13H22N2O3S/c1-5-18-9-11(3)14-12-6-7-13(10(2)8-12)15-19(4,16)17/h6-8,11,14-15H,5,9H2,1-4H3. The van der Waals surface area contributed by atoms with E-state index in [0.717, 1.165) is 17.5 Å². The Hall–Kier alpha value is -1.27. The van der Waals surface area contributed by atoms with E-state index >= 15 is 0 Å². The number of hydrogen-bond donors (Lipinski definition) is 2. The molecule has 0 spiro atoms. The molecule has 0 aliphatic rings. The van der Waals surface area contributed by atoms with E-state index in [1.807, 2.05) is 32.9 Å². The Bertz CT molecular complexity index is 515. The Labute approximate surface area is 115 Å². The monoisotopic (exact) mass is 286 g/mol. The minimum atomic E-state index is -3.24. The molecule has 0 heterocycles. The van der Waals surface area contributed by atoms with Crippen molar-refractivity contribution in [2.24, 2.45) is 0 Å². The van der Waals surface area contributed by atoms with Gasteiger partial charge in [-0.05, 0) is 44.5 Å². The Balaban J connectivity index is 2.71. The highest BCUT2D eigenvalue weighted by Crippen LogP contribution is 2.21. The van der Waals surface area contributed by atoms with Crippen LogP contribution in [0.3, 0.4) is 0 Å². The van der Waals surface area contributed by atoms with Crippen molar-refractivity contribution in [2.75, 3.05) is 29.5 Å². The van der Waals surface area contributed by atoms with Crippen molar-refractivity contribution in [3.8, 4) is 0 Å². The number of hydrogen-bond acceptors (Lipinski definition) is 4. The first-order valence-electron chi connectivity index (χ1n) is 6.24. The number of anilines is 2. The van der Waals surface area contributed by atoms with E-state index in [9.17, 15) is 8.42 Å². The van der Waals surface area contributed by atoms with Gasteiger partial charge in [-0.1, -0.05) is 0 Å². The lowest BCUT2D eigenvalue weighted by molar-refractivity contribution is 0.141. The van der Waals surface area contributed by atoms with E-state index in [0.29, 0.717) is 18.9 Å². The summed E-state index contributed by atoms with van der Waals surface area (Å²) in [5.74, 6) is 0. The van der Waals surface area contributed by atoms with Gasteiger partial charge in [0, 0.05) is 18.3 Å². The molecule has 2 N–H and O–H groups in total. The largest absolute Gasteiger partial charge is 0.380 e. The molecule has 0 aliphatic heterocycles. The van der Waals surface area contributed by atoms with Crippen molar-refractivity contribution in [1.82, 2.24) is 0 Å². The molecule has 0 aliphatic carbocycles. The first kappa shape index (κ1) is 15.8. The summed E-state index contributed by atoms with van der Waals surface area (Å²) in [6.07, 6.45) is 1.14. The van der Waals surface area contributed by atoms with Crippen molar-refractivity contribution in [1.29, 1.82) is 0 Å². The van der Waals surface area contributed by atoms with Crippen LogP contribution >= 0.6 is 0 Å². The summed E-state index contributed by atoms with van der Waals surface area (Å²) in [6.45, 7) is 7.20. The summed E-state index contributed by atoms with van der Waals surface area (Å²) in [6, 6.07) is 5.72. The summed E-state index contributed by atoms with van der Waals surface area (Å²) in [7, 11) is -3.24. The Kier molecular flexibility index (Phi) is 5.62. The molecule has 1 atom stereocenters. The lowest BCUT2D eigenvalue weighted by atomic mass is 10.1. The van der Waals surface area contributed by atoms with Gasteiger partial charge in [-0.3, -0.25) is 4.72 Å². The van der Waals surface area contributed by atoms with Gasteiger partial charge in [0.05, 0.1) is 18.6 Å². The summed E-state index contributed by atoms with van der Waals surface area (Å²) in [5.41, 5.74) is 2.42. The van der Waals surface area contributed by atoms with Crippen molar-refractivity contribution >= 4 is 21.4 Å². The Morgan fingerprint density at radius 1 is 1.37 bits per heavy atom. The van der Waals surface area contributed by atoms with Gasteiger partial charge in [0.1, 0.15) is 0 Å². The first-order chi connectivity index (χ1) is 8.81. The number of ether oxygens (including phenoxy) is 1. The van der Waals surface area contributed by atoms with Crippen LogP contribution in [0.15, 0.2) is 18.2 Å². The zero-order valence-electron chi connectivity index (χ0n) is 11.9. The Morgan fingerprint density at radius 3 is 2.58 bits per heavy atom. The maximum Gasteiger partial charge on any atom is 0.229 e. The molecule has 0 radical (unpaired) electrons. The van der Waals surface area contributed by atoms with Gasteiger partial charge in [0.15, 0.2) is 0 Å². The third kappa shape index (κ3) is 5.94. The van der Waals surface area contributed by atoms with Crippen LogP contribution in [0.5, 0.6) is 0 Å². The van der Waals surface area contributed by atoms with Crippen molar-refractivity contribution in [3.05, 3.63) is 23.8 Å². The maximum atomic E-state index is 11.2. The van der Waals surface area contributed by atoms with E-state index < -0.39 is 10.0 Å². The summed E-state index contributed by atoms with van der Waals surface area (Å²) < 4.78 is 30.2. The summed E-state index contributed by atoms with van der Waals surface area (Å²) in [5, 5.41) is 3.31. The van der Waals surface area contributed by atoms with E-state index in [-0.39, 0.29) is 6.04 Å². The van der Waals surface area contributed by atoms with Crippen LogP contribution in [0.4, 0.5) is 11.4 Å². The van der Waals surface area contributed by atoms with Crippen LogP contribution in [0.1, 0.15) is 19.4 Å². The van der Waals surface area contributed by atoms with Crippen LogP contribution in [0.25, 0.3) is 0 Å². The zero-order valence-corrected chi connectivity index (χ0v) is 12.7. The molecular weight excluding hydrogens is 264 g/mol. The lowest BCUT2D eigenvalue weighted by Crippen LogP contribution is -2.21. The molecule has 0 bridgehead atoms. The fourth-order valence-electron chi connectivity index (χ4n) is 1.69. The third-order valence-corrected chi connectivity index (χ3v) is 3.10. The minimum Gasteiger partial charge on any atom is -0.380 e. The van der Waals surface area contributed by atoms with Gasteiger partial charge in [0.2, 0.25) is 10.0 Å². The molecule has 1 unspecified atom stereocenters. The average molecular weight is 286 g/mol. The van der Waals surface area contributed by atoms with Crippen molar-refractivity contribution in [3.63, 3.8) is 0 Å². The predicted molar refractivity (Wildman–Crippen MR) is 79.2 cm³/mol. The number of aryl methyl sites for hydroxylation is 1. The molecule has 6 heteroatoms. The normalized spacial score (nSPS) is 13.1. The molecule has 19 heavy (non-hydrogen) atoms. The zero-order chi connectivity index (χ0) is 14.5. The van der Waals surface area contributed by atoms with Gasteiger partial charge < -0.3 is 10.1 Å². The van der Waals surface area contributed by atoms with E-state index in [4.69, 9.17) is 4.74 Å². The van der Waals surface area contributed by atoms with E-state index in [2.05, 4.69) is 10.0 Å². The fourth-order valence-corrected chi connectivity index (χ4v) is 2.32. The van der Waals surface area contributed by atoms with Crippen LogP contribution in [0.2, 0.25) is 0 Å². The van der Waals surface area contributed by atoms with Gasteiger partial charge in [-0.2, -0.15) is 0 Å². The molecule has 5 nitrogen and oxygen atoms in total. The van der Waals surface area contributed by atoms with Gasteiger partial charge in [-0.15, -0.1) is 0 Å². The second kappa shape index (κ2) is 6.77.